The zero-order valence-electron chi connectivity index (χ0n) is 8.27. The molecule has 1 aliphatic rings. The zero-order valence-corrected chi connectivity index (χ0v) is 8.27. The molecule has 0 saturated heterocycles. The summed E-state index contributed by atoms with van der Waals surface area (Å²) in [4.78, 5) is 37.0. The van der Waals surface area contributed by atoms with Gasteiger partial charge in [0.2, 0.25) is 0 Å². The molecule has 0 aliphatic carbocycles. The molecule has 6 nitrogen and oxygen atoms in total. The summed E-state index contributed by atoms with van der Waals surface area (Å²) in [5.74, 6) is -1.87. The fraction of sp³-hybridized carbons (Fsp3) is 0.333. The fourth-order valence-electron chi connectivity index (χ4n) is 1.03. The maximum atomic E-state index is 11.2. The summed E-state index contributed by atoms with van der Waals surface area (Å²) in [5, 5.41) is 0. The van der Waals surface area contributed by atoms with Gasteiger partial charge in [0.25, 0.3) is 0 Å². The van der Waals surface area contributed by atoms with Crippen molar-refractivity contribution in [2.24, 2.45) is 4.99 Å². The van der Waals surface area contributed by atoms with Crippen LogP contribution in [0.2, 0.25) is 0 Å². The predicted octanol–water partition coefficient (Wildman–Crippen LogP) is -0.370. The van der Waals surface area contributed by atoms with Crippen molar-refractivity contribution in [3.8, 4) is 0 Å². The molecule has 0 aromatic rings. The van der Waals surface area contributed by atoms with Crippen LogP contribution in [-0.2, 0) is 23.9 Å². The summed E-state index contributed by atoms with van der Waals surface area (Å²) >= 11 is 0. The number of ketones is 1. The highest BCUT2D eigenvalue weighted by Gasteiger charge is 2.23. The Morgan fingerprint density at radius 2 is 1.87 bits per heavy atom. The minimum Gasteiger partial charge on any atom is -0.465 e. The number of aliphatic imine (C=N–C) groups is 1. The quantitative estimate of drug-likeness (QED) is 0.582. The van der Waals surface area contributed by atoms with E-state index in [0.717, 1.165) is 13.2 Å². The number of allylic oxidation sites excluding steroid dienone is 1. The first-order chi connectivity index (χ1) is 7.08. The van der Waals surface area contributed by atoms with Crippen molar-refractivity contribution in [3.63, 3.8) is 0 Å². The van der Waals surface area contributed by atoms with Gasteiger partial charge in [-0.1, -0.05) is 0 Å². The van der Waals surface area contributed by atoms with Gasteiger partial charge in [0.15, 0.2) is 11.5 Å². The number of hydrogen-bond acceptors (Lipinski definition) is 6. The lowest BCUT2D eigenvalue weighted by Gasteiger charge is -2.08. The molecule has 1 aliphatic heterocycles. The molecular weight excluding hydrogens is 202 g/mol. The van der Waals surface area contributed by atoms with Gasteiger partial charge in [-0.05, 0) is 0 Å². The number of nitrogens with zero attached hydrogens (tertiary/aromatic N) is 1. The van der Waals surface area contributed by atoms with Gasteiger partial charge in [0.05, 0.1) is 20.6 Å². The average molecular weight is 211 g/mol. The summed E-state index contributed by atoms with van der Waals surface area (Å²) in [6, 6.07) is 0. The molecule has 0 atom stereocenters. The number of esters is 2. The lowest BCUT2D eigenvalue weighted by Crippen LogP contribution is -2.24. The summed E-state index contributed by atoms with van der Waals surface area (Å²) in [6.07, 6.45) is 0.880. The summed E-state index contributed by atoms with van der Waals surface area (Å²) in [7, 11) is 2.33. The first kappa shape index (κ1) is 11.1. The SMILES string of the molecule is COC(=O)C1=CC(=O)CC(C(=O)OC)=N1. The Kier molecular flexibility index (Phi) is 3.33. The van der Waals surface area contributed by atoms with Gasteiger partial charge >= 0.3 is 11.9 Å². The summed E-state index contributed by atoms with van der Waals surface area (Å²) in [6.45, 7) is 0. The Morgan fingerprint density at radius 1 is 1.27 bits per heavy atom. The van der Waals surface area contributed by atoms with E-state index in [2.05, 4.69) is 14.5 Å². The smallest absolute Gasteiger partial charge is 0.356 e. The fourth-order valence-corrected chi connectivity index (χ4v) is 1.03. The van der Waals surface area contributed by atoms with Crippen LogP contribution in [0.25, 0.3) is 0 Å². The Bertz CT molecular complexity index is 380. The number of carbonyl (C=O) groups excluding carboxylic acids is 3. The van der Waals surface area contributed by atoms with E-state index in [1.165, 1.54) is 7.11 Å². The van der Waals surface area contributed by atoms with E-state index in [-0.39, 0.29) is 23.6 Å². The van der Waals surface area contributed by atoms with Gasteiger partial charge in [0, 0.05) is 6.08 Å². The number of carbonyl (C=O) groups is 3. The van der Waals surface area contributed by atoms with E-state index < -0.39 is 11.9 Å². The van der Waals surface area contributed by atoms with Crippen LogP contribution < -0.4 is 0 Å². The van der Waals surface area contributed by atoms with Crippen molar-refractivity contribution in [2.45, 2.75) is 6.42 Å². The molecule has 0 aromatic heterocycles. The molecule has 0 aromatic carbocycles. The van der Waals surface area contributed by atoms with Crippen molar-refractivity contribution >= 4 is 23.4 Å². The number of ether oxygens (including phenoxy) is 2. The van der Waals surface area contributed by atoms with E-state index >= 15 is 0 Å². The minimum atomic E-state index is -0.760. The highest BCUT2D eigenvalue weighted by Crippen LogP contribution is 2.10. The van der Waals surface area contributed by atoms with Crippen LogP contribution in [0.4, 0.5) is 0 Å². The van der Waals surface area contributed by atoms with Gasteiger partial charge < -0.3 is 9.47 Å². The molecule has 80 valence electrons. The van der Waals surface area contributed by atoms with Gasteiger partial charge in [0.1, 0.15) is 5.71 Å². The van der Waals surface area contributed by atoms with E-state index in [1.54, 1.807) is 0 Å². The Hall–Kier alpha value is -1.98. The highest BCUT2D eigenvalue weighted by atomic mass is 16.5. The lowest BCUT2D eigenvalue weighted by molar-refractivity contribution is -0.136. The maximum absolute atomic E-state index is 11.2. The molecule has 0 bridgehead atoms. The van der Waals surface area contributed by atoms with Gasteiger partial charge in [-0.25, -0.2) is 14.6 Å². The van der Waals surface area contributed by atoms with Gasteiger partial charge in [-0.2, -0.15) is 0 Å². The molecule has 1 rings (SSSR count). The molecule has 0 unspecified atom stereocenters. The summed E-state index contributed by atoms with van der Waals surface area (Å²) < 4.78 is 8.78. The summed E-state index contributed by atoms with van der Waals surface area (Å²) in [5.41, 5.74) is -0.278. The van der Waals surface area contributed by atoms with Crippen LogP contribution in [0.3, 0.4) is 0 Å². The van der Waals surface area contributed by atoms with Crippen molar-refractivity contribution in [1.82, 2.24) is 0 Å². The molecule has 0 saturated carbocycles. The molecule has 6 heteroatoms. The molecule has 0 spiro atoms. The topological polar surface area (TPSA) is 82.0 Å². The van der Waals surface area contributed by atoms with Crippen molar-refractivity contribution < 1.29 is 23.9 Å². The third-order valence-electron chi connectivity index (χ3n) is 1.71. The number of hydrogen-bond donors (Lipinski definition) is 0. The average Bonchev–Trinajstić information content (AvgIpc) is 2.26. The zero-order chi connectivity index (χ0) is 11.4. The third kappa shape index (κ3) is 2.49. The molecule has 0 amide bonds. The highest BCUT2D eigenvalue weighted by molar-refractivity contribution is 6.41. The minimum absolute atomic E-state index is 0.0922. The van der Waals surface area contributed by atoms with Crippen LogP contribution in [0.1, 0.15) is 6.42 Å². The molecular formula is C9H9NO5. The lowest BCUT2D eigenvalue weighted by atomic mass is 10.1. The molecule has 0 fully saturated rings. The second-order valence-electron chi connectivity index (χ2n) is 2.71. The Balaban J connectivity index is 2.99. The van der Waals surface area contributed by atoms with Crippen LogP contribution in [0, 0.1) is 0 Å². The predicted molar refractivity (Wildman–Crippen MR) is 49.2 cm³/mol. The van der Waals surface area contributed by atoms with Crippen LogP contribution in [0.15, 0.2) is 16.8 Å². The normalized spacial score (nSPS) is 15.2. The molecule has 1 heterocycles. The third-order valence-corrected chi connectivity index (χ3v) is 1.71. The van der Waals surface area contributed by atoms with Crippen molar-refractivity contribution in [2.75, 3.05) is 14.2 Å². The van der Waals surface area contributed by atoms with E-state index in [4.69, 9.17) is 0 Å². The van der Waals surface area contributed by atoms with Crippen LogP contribution >= 0.6 is 0 Å². The second-order valence-corrected chi connectivity index (χ2v) is 2.71. The number of methoxy groups -OCH3 is 2. The Labute approximate surface area is 85.6 Å². The largest absolute Gasteiger partial charge is 0.465 e. The number of rotatable bonds is 2. The van der Waals surface area contributed by atoms with Crippen LogP contribution in [0.5, 0.6) is 0 Å². The monoisotopic (exact) mass is 211 g/mol. The van der Waals surface area contributed by atoms with Gasteiger partial charge in [-0.3, -0.25) is 4.79 Å². The van der Waals surface area contributed by atoms with Crippen molar-refractivity contribution in [1.29, 1.82) is 0 Å². The molecule has 0 N–H and O–H groups in total. The molecule has 0 radical (unpaired) electrons. The Morgan fingerprint density at radius 3 is 2.40 bits per heavy atom. The van der Waals surface area contributed by atoms with Crippen molar-refractivity contribution in [3.05, 3.63) is 11.8 Å². The van der Waals surface area contributed by atoms with E-state index in [1.807, 2.05) is 0 Å². The second kappa shape index (κ2) is 4.50. The standard InChI is InChI=1S/C9H9NO5/c1-14-8(12)6-3-5(11)4-7(10-6)9(13)15-2/h3H,4H2,1-2H3. The van der Waals surface area contributed by atoms with Gasteiger partial charge in [-0.15, -0.1) is 0 Å². The molecule has 15 heavy (non-hydrogen) atoms. The van der Waals surface area contributed by atoms with E-state index in [0.29, 0.717) is 0 Å². The maximum Gasteiger partial charge on any atom is 0.356 e. The van der Waals surface area contributed by atoms with E-state index in [9.17, 15) is 14.4 Å². The van der Waals surface area contributed by atoms with Crippen LogP contribution in [-0.4, -0.2) is 37.7 Å². The first-order valence-electron chi connectivity index (χ1n) is 4.07. The first-order valence-corrected chi connectivity index (χ1v) is 4.07.